The molecule has 0 saturated heterocycles. The number of hydrogen-bond donors (Lipinski definition) is 0. The molecule has 0 aliphatic rings. The number of rotatable bonds is 4. The molecule has 0 N–H and O–H groups in total. The van der Waals surface area contributed by atoms with E-state index in [0.29, 0.717) is 6.29 Å². The molecule has 0 heterocycles. The lowest BCUT2D eigenvalue weighted by molar-refractivity contribution is -0.107. The minimum atomic E-state index is -1.04. The molecule has 0 bridgehead atoms. The minimum Gasteiger partial charge on any atom is -0.495 e. The summed E-state index contributed by atoms with van der Waals surface area (Å²) in [5.41, 5.74) is -0.00500. The molecule has 0 aliphatic carbocycles. The van der Waals surface area contributed by atoms with Crippen LogP contribution in [0.5, 0.6) is 5.75 Å². The van der Waals surface area contributed by atoms with Crippen LogP contribution in [0.2, 0.25) is 5.02 Å². The Morgan fingerprint density at radius 3 is 2.73 bits per heavy atom. The highest BCUT2D eigenvalue weighted by molar-refractivity contribution is 6.32. The minimum absolute atomic E-state index is 0.00250. The lowest BCUT2D eigenvalue weighted by Gasteiger charge is -2.10. The fourth-order valence-corrected chi connectivity index (χ4v) is 1.56. The molecular weight excluding hydrogens is 226 g/mol. The largest absolute Gasteiger partial charge is 0.495 e. The summed E-state index contributed by atoms with van der Waals surface area (Å²) < 4.78 is 31.2. The van der Waals surface area contributed by atoms with Crippen LogP contribution in [0.3, 0.4) is 0 Å². The van der Waals surface area contributed by atoms with Gasteiger partial charge in [0.2, 0.25) is 0 Å². The van der Waals surface area contributed by atoms with Crippen molar-refractivity contribution >= 4 is 17.9 Å². The van der Waals surface area contributed by atoms with E-state index in [9.17, 15) is 13.6 Å². The number of halogens is 3. The van der Waals surface area contributed by atoms with Crippen molar-refractivity contribution in [1.82, 2.24) is 0 Å². The van der Waals surface area contributed by atoms with Gasteiger partial charge >= 0.3 is 0 Å². The molecule has 0 saturated carbocycles. The molecule has 2 nitrogen and oxygen atoms in total. The first-order chi connectivity index (χ1) is 7.11. The number of hydrogen-bond acceptors (Lipinski definition) is 2. The fourth-order valence-electron chi connectivity index (χ4n) is 1.28. The first kappa shape index (κ1) is 11.9. The Kier molecular flexibility index (Phi) is 4.03. The van der Waals surface area contributed by atoms with Crippen LogP contribution >= 0.6 is 11.6 Å². The molecule has 5 heteroatoms. The first-order valence-corrected chi connectivity index (χ1v) is 4.63. The van der Waals surface area contributed by atoms with E-state index < -0.39 is 11.6 Å². The van der Waals surface area contributed by atoms with E-state index in [4.69, 9.17) is 16.3 Å². The van der Waals surface area contributed by atoms with Gasteiger partial charge in [-0.15, -0.1) is 0 Å². The van der Waals surface area contributed by atoms with Crippen molar-refractivity contribution in [1.29, 1.82) is 0 Å². The standard InChI is InChI=1S/C10H9ClF2O2/c1-15-10-6(3-2-4-14)9(13)8(12)5-7(10)11/h4-5H,2-3H2,1H3. The molecule has 0 radical (unpaired) electrons. The lowest BCUT2D eigenvalue weighted by atomic mass is 10.1. The summed E-state index contributed by atoms with van der Waals surface area (Å²) in [4.78, 5) is 10.2. The Morgan fingerprint density at radius 2 is 2.20 bits per heavy atom. The predicted octanol–water partition coefficient (Wildman–Crippen LogP) is 2.76. The molecule has 1 aromatic carbocycles. The highest BCUT2D eigenvalue weighted by Gasteiger charge is 2.17. The molecule has 0 spiro atoms. The van der Waals surface area contributed by atoms with E-state index in [1.54, 1.807) is 0 Å². The van der Waals surface area contributed by atoms with Gasteiger partial charge < -0.3 is 9.53 Å². The number of methoxy groups -OCH3 is 1. The Hall–Kier alpha value is -1.16. The zero-order chi connectivity index (χ0) is 11.4. The average Bonchev–Trinajstić information content (AvgIpc) is 2.21. The van der Waals surface area contributed by atoms with Crippen LogP contribution in [0.4, 0.5) is 8.78 Å². The third-order valence-electron chi connectivity index (χ3n) is 1.94. The zero-order valence-corrected chi connectivity index (χ0v) is 8.78. The van der Waals surface area contributed by atoms with Crippen molar-refractivity contribution < 1.29 is 18.3 Å². The van der Waals surface area contributed by atoms with Gasteiger partial charge in [-0.05, 0) is 12.5 Å². The van der Waals surface area contributed by atoms with Gasteiger partial charge in [0.15, 0.2) is 11.6 Å². The zero-order valence-electron chi connectivity index (χ0n) is 8.02. The molecule has 82 valence electrons. The fraction of sp³-hybridized carbons (Fsp3) is 0.300. The molecule has 0 atom stereocenters. The quantitative estimate of drug-likeness (QED) is 0.592. The molecule has 0 aliphatic heterocycles. The van der Waals surface area contributed by atoms with Gasteiger partial charge in [-0.3, -0.25) is 0 Å². The third-order valence-corrected chi connectivity index (χ3v) is 2.22. The van der Waals surface area contributed by atoms with E-state index in [1.165, 1.54) is 7.11 Å². The predicted molar refractivity (Wildman–Crippen MR) is 52.3 cm³/mol. The molecule has 0 unspecified atom stereocenters. The summed E-state index contributed by atoms with van der Waals surface area (Å²) in [6, 6.07) is 0.847. The van der Waals surface area contributed by atoms with E-state index in [0.717, 1.165) is 6.07 Å². The second-order valence-corrected chi connectivity index (χ2v) is 3.28. The number of benzene rings is 1. The van der Waals surface area contributed by atoms with Crippen molar-refractivity contribution in [2.75, 3.05) is 7.11 Å². The molecule has 0 fully saturated rings. The highest BCUT2D eigenvalue weighted by atomic mass is 35.5. The monoisotopic (exact) mass is 234 g/mol. The molecule has 1 rings (SSSR count). The highest BCUT2D eigenvalue weighted by Crippen LogP contribution is 2.32. The van der Waals surface area contributed by atoms with E-state index in [-0.39, 0.29) is 29.2 Å². The Morgan fingerprint density at radius 1 is 1.53 bits per heavy atom. The maximum atomic E-state index is 13.3. The van der Waals surface area contributed by atoms with Gasteiger partial charge in [-0.2, -0.15) is 0 Å². The number of carbonyl (C=O) groups is 1. The van der Waals surface area contributed by atoms with Crippen molar-refractivity contribution in [3.8, 4) is 5.75 Å². The van der Waals surface area contributed by atoms with Gasteiger partial charge in [-0.25, -0.2) is 8.78 Å². The normalized spacial score (nSPS) is 10.1. The van der Waals surface area contributed by atoms with Gasteiger partial charge in [0.05, 0.1) is 12.1 Å². The molecule has 0 amide bonds. The Balaban J connectivity index is 3.23. The summed E-state index contributed by atoms with van der Waals surface area (Å²) in [6.45, 7) is 0. The van der Waals surface area contributed by atoms with Crippen LogP contribution in [-0.2, 0) is 11.2 Å². The molecule has 0 aromatic heterocycles. The molecule has 1 aromatic rings. The maximum absolute atomic E-state index is 13.3. The molecular formula is C10H9ClF2O2. The lowest BCUT2D eigenvalue weighted by Crippen LogP contribution is -2.00. The smallest absolute Gasteiger partial charge is 0.165 e. The van der Waals surface area contributed by atoms with Crippen LogP contribution in [-0.4, -0.2) is 13.4 Å². The van der Waals surface area contributed by atoms with Crippen molar-refractivity contribution in [3.05, 3.63) is 28.3 Å². The Bertz CT molecular complexity index is 380. The summed E-state index contributed by atoms with van der Waals surface area (Å²) in [7, 11) is 1.31. The van der Waals surface area contributed by atoms with E-state index in [2.05, 4.69) is 0 Å². The summed E-state index contributed by atoms with van der Waals surface area (Å²) in [6.07, 6.45) is 0.779. The maximum Gasteiger partial charge on any atom is 0.165 e. The summed E-state index contributed by atoms with van der Waals surface area (Å²) >= 11 is 5.67. The van der Waals surface area contributed by atoms with Crippen molar-refractivity contribution in [2.24, 2.45) is 0 Å². The van der Waals surface area contributed by atoms with Crippen LogP contribution in [0.15, 0.2) is 6.07 Å². The number of ether oxygens (including phenoxy) is 1. The van der Waals surface area contributed by atoms with Gasteiger partial charge in [-0.1, -0.05) is 11.6 Å². The van der Waals surface area contributed by atoms with Gasteiger partial charge in [0.1, 0.15) is 12.0 Å². The van der Waals surface area contributed by atoms with Crippen LogP contribution < -0.4 is 4.74 Å². The second kappa shape index (κ2) is 5.07. The summed E-state index contributed by atoms with van der Waals surface area (Å²) in [5, 5.41) is -0.00250. The van der Waals surface area contributed by atoms with Crippen molar-refractivity contribution in [2.45, 2.75) is 12.8 Å². The number of aldehydes is 1. The van der Waals surface area contributed by atoms with Gasteiger partial charge in [0, 0.05) is 12.0 Å². The number of carbonyl (C=O) groups excluding carboxylic acids is 1. The van der Waals surface area contributed by atoms with Crippen LogP contribution in [0, 0.1) is 11.6 Å². The van der Waals surface area contributed by atoms with Crippen LogP contribution in [0.25, 0.3) is 0 Å². The van der Waals surface area contributed by atoms with Gasteiger partial charge in [0.25, 0.3) is 0 Å². The second-order valence-electron chi connectivity index (χ2n) is 2.87. The SMILES string of the molecule is COc1c(Cl)cc(F)c(F)c1CCC=O. The Labute approximate surface area is 90.8 Å². The summed E-state index contributed by atoms with van der Waals surface area (Å²) in [5.74, 6) is -1.97. The van der Waals surface area contributed by atoms with E-state index in [1.807, 2.05) is 0 Å². The first-order valence-electron chi connectivity index (χ1n) is 4.25. The molecule has 15 heavy (non-hydrogen) atoms. The third kappa shape index (κ3) is 2.45. The average molecular weight is 235 g/mol. The van der Waals surface area contributed by atoms with Crippen molar-refractivity contribution in [3.63, 3.8) is 0 Å². The van der Waals surface area contributed by atoms with E-state index >= 15 is 0 Å². The van der Waals surface area contributed by atoms with Crippen LogP contribution in [0.1, 0.15) is 12.0 Å². The topological polar surface area (TPSA) is 26.3 Å².